The molecule has 3 N–H and O–H groups in total. The number of nitrogens with two attached hydrogens (primary N) is 1. The van der Waals surface area contributed by atoms with Crippen molar-refractivity contribution in [2.75, 3.05) is 6.61 Å². The Morgan fingerprint density at radius 2 is 2.16 bits per heavy atom. The van der Waals surface area contributed by atoms with Gasteiger partial charge in [-0.2, -0.15) is 0 Å². The average molecular weight is 258 g/mol. The second-order valence-electron chi connectivity index (χ2n) is 5.14. The number of fused-ring (bicyclic) bond motifs is 1. The zero-order chi connectivity index (χ0) is 13.2. The van der Waals surface area contributed by atoms with Gasteiger partial charge in [-0.1, -0.05) is 30.3 Å². The van der Waals surface area contributed by atoms with E-state index in [0.717, 1.165) is 18.6 Å². The molecule has 0 radical (unpaired) electrons. The molecule has 1 heterocycles. The first-order chi connectivity index (χ1) is 9.25. The molecule has 1 saturated heterocycles. The molecule has 2 fully saturated rings. The summed E-state index contributed by atoms with van der Waals surface area (Å²) in [5, 5.41) is 2.93. The predicted octanol–water partition coefficient (Wildman–Crippen LogP) is 0.931. The maximum atomic E-state index is 11.8. The average Bonchev–Trinajstić information content (AvgIpc) is 2.88. The summed E-state index contributed by atoms with van der Waals surface area (Å²) in [6.07, 6.45) is 4.47. The second-order valence-corrected chi connectivity index (χ2v) is 5.14. The zero-order valence-electron chi connectivity index (χ0n) is 10.7. The Labute approximate surface area is 112 Å². The molecule has 2 aliphatic rings. The van der Waals surface area contributed by atoms with Crippen LogP contribution in [0.3, 0.4) is 0 Å². The Bertz CT molecular complexity index is 486. The monoisotopic (exact) mass is 258 g/mol. The maximum Gasteiger partial charge on any atom is 0.244 e. The van der Waals surface area contributed by atoms with Crippen LogP contribution in [-0.2, 0) is 9.53 Å². The molecule has 1 aliphatic carbocycles. The van der Waals surface area contributed by atoms with Gasteiger partial charge in [0, 0.05) is 24.6 Å². The van der Waals surface area contributed by atoms with Crippen LogP contribution in [0.25, 0.3) is 6.08 Å². The van der Waals surface area contributed by atoms with E-state index in [1.54, 1.807) is 12.2 Å². The molecule has 0 aromatic heterocycles. The summed E-state index contributed by atoms with van der Waals surface area (Å²) >= 11 is 0. The fraction of sp³-hybridized carbons (Fsp3) is 0.400. The van der Waals surface area contributed by atoms with Gasteiger partial charge >= 0.3 is 0 Å². The van der Waals surface area contributed by atoms with Gasteiger partial charge in [-0.25, -0.2) is 0 Å². The number of rotatable bonds is 3. The van der Waals surface area contributed by atoms with Gasteiger partial charge < -0.3 is 15.8 Å². The number of carbonyl (C=O) groups excluding carboxylic acids is 1. The topological polar surface area (TPSA) is 64.3 Å². The van der Waals surface area contributed by atoms with Crippen LogP contribution in [0.2, 0.25) is 0 Å². The highest BCUT2D eigenvalue weighted by Gasteiger charge is 2.52. The van der Waals surface area contributed by atoms with Crippen LogP contribution >= 0.6 is 0 Å². The zero-order valence-corrected chi connectivity index (χ0v) is 10.7. The van der Waals surface area contributed by atoms with Crippen molar-refractivity contribution in [3.8, 4) is 0 Å². The summed E-state index contributed by atoms with van der Waals surface area (Å²) in [6, 6.07) is 9.72. The molecule has 4 heteroatoms. The largest absolute Gasteiger partial charge is 0.376 e. The standard InChI is InChI=1S/C15H18N2O2/c16-13-11-8-9-19-15(11)14(13)17-12(18)7-6-10-4-2-1-3-5-10/h1-7,11,13-15H,8-9,16H2,(H,17,18). The molecule has 1 aromatic rings. The SMILES string of the molecule is NC1C2CCOC2C1NC(=O)C=Cc1ccccc1. The summed E-state index contributed by atoms with van der Waals surface area (Å²) < 4.78 is 5.58. The smallest absolute Gasteiger partial charge is 0.244 e. The van der Waals surface area contributed by atoms with Crippen molar-refractivity contribution in [2.45, 2.75) is 24.6 Å². The second kappa shape index (κ2) is 5.15. The van der Waals surface area contributed by atoms with Crippen molar-refractivity contribution in [1.82, 2.24) is 5.32 Å². The lowest BCUT2D eigenvalue weighted by molar-refractivity contribution is -0.120. The number of hydrogen-bond acceptors (Lipinski definition) is 3. The molecule has 4 nitrogen and oxygen atoms in total. The fourth-order valence-electron chi connectivity index (χ4n) is 2.88. The molecule has 4 unspecified atom stereocenters. The Morgan fingerprint density at radius 1 is 1.37 bits per heavy atom. The number of ether oxygens (including phenoxy) is 1. The third-order valence-electron chi connectivity index (χ3n) is 3.98. The van der Waals surface area contributed by atoms with Crippen molar-refractivity contribution in [3.63, 3.8) is 0 Å². The van der Waals surface area contributed by atoms with Crippen LogP contribution in [0.1, 0.15) is 12.0 Å². The van der Waals surface area contributed by atoms with E-state index in [-0.39, 0.29) is 24.1 Å². The summed E-state index contributed by atoms with van der Waals surface area (Å²) in [6.45, 7) is 0.759. The van der Waals surface area contributed by atoms with E-state index in [0.29, 0.717) is 5.92 Å². The minimum Gasteiger partial charge on any atom is -0.376 e. The molecule has 4 atom stereocenters. The van der Waals surface area contributed by atoms with Crippen molar-refractivity contribution >= 4 is 12.0 Å². The van der Waals surface area contributed by atoms with Crippen LogP contribution in [0.4, 0.5) is 0 Å². The Kier molecular flexibility index (Phi) is 3.36. The number of amides is 1. The van der Waals surface area contributed by atoms with Gasteiger partial charge in [0.2, 0.25) is 5.91 Å². The van der Waals surface area contributed by atoms with Gasteiger partial charge in [-0.3, -0.25) is 4.79 Å². The molecule has 19 heavy (non-hydrogen) atoms. The molecular formula is C15H18N2O2. The van der Waals surface area contributed by atoms with Crippen LogP contribution in [0, 0.1) is 5.92 Å². The molecule has 1 aliphatic heterocycles. The van der Waals surface area contributed by atoms with Gasteiger partial charge in [0.05, 0.1) is 12.1 Å². The molecular weight excluding hydrogens is 240 g/mol. The van der Waals surface area contributed by atoms with Crippen LogP contribution < -0.4 is 11.1 Å². The van der Waals surface area contributed by atoms with Crippen molar-refractivity contribution in [2.24, 2.45) is 11.7 Å². The Hall–Kier alpha value is -1.65. The predicted molar refractivity (Wildman–Crippen MR) is 73.2 cm³/mol. The summed E-state index contributed by atoms with van der Waals surface area (Å²) in [4.78, 5) is 11.8. The van der Waals surface area contributed by atoms with Crippen LogP contribution in [-0.4, -0.2) is 30.7 Å². The van der Waals surface area contributed by atoms with Crippen LogP contribution in [0.5, 0.6) is 0 Å². The van der Waals surface area contributed by atoms with Gasteiger partial charge in [-0.15, -0.1) is 0 Å². The van der Waals surface area contributed by atoms with E-state index in [1.807, 2.05) is 30.3 Å². The lowest BCUT2D eigenvalue weighted by Gasteiger charge is -2.45. The molecule has 1 saturated carbocycles. The molecule has 3 rings (SSSR count). The van der Waals surface area contributed by atoms with E-state index < -0.39 is 0 Å². The molecule has 100 valence electrons. The van der Waals surface area contributed by atoms with E-state index in [1.165, 1.54) is 0 Å². The van der Waals surface area contributed by atoms with Gasteiger partial charge in [0.25, 0.3) is 0 Å². The highest BCUT2D eigenvalue weighted by Crippen LogP contribution is 2.37. The normalized spacial score (nSPS) is 32.9. The number of carbonyl (C=O) groups is 1. The highest BCUT2D eigenvalue weighted by molar-refractivity contribution is 5.92. The van der Waals surface area contributed by atoms with Crippen molar-refractivity contribution in [1.29, 1.82) is 0 Å². The summed E-state index contributed by atoms with van der Waals surface area (Å²) in [5.74, 6) is 0.307. The number of hydrogen-bond donors (Lipinski definition) is 2. The van der Waals surface area contributed by atoms with Gasteiger partial charge in [-0.05, 0) is 18.1 Å². The van der Waals surface area contributed by atoms with E-state index in [4.69, 9.17) is 10.5 Å². The Morgan fingerprint density at radius 3 is 2.95 bits per heavy atom. The third-order valence-corrected chi connectivity index (χ3v) is 3.98. The number of benzene rings is 1. The first-order valence-corrected chi connectivity index (χ1v) is 6.66. The maximum absolute atomic E-state index is 11.8. The quantitative estimate of drug-likeness (QED) is 0.793. The minimum absolute atomic E-state index is 0.0292. The van der Waals surface area contributed by atoms with Gasteiger partial charge in [0.1, 0.15) is 0 Å². The van der Waals surface area contributed by atoms with Crippen molar-refractivity contribution in [3.05, 3.63) is 42.0 Å². The lowest BCUT2D eigenvalue weighted by Crippen LogP contribution is -2.68. The molecule has 0 spiro atoms. The first kappa shape index (κ1) is 12.4. The highest BCUT2D eigenvalue weighted by atomic mass is 16.5. The molecule has 0 bridgehead atoms. The summed E-state index contributed by atoms with van der Waals surface area (Å²) in [5.41, 5.74) is 7.05. The van der Waals surface area contributed by atoms with Crippen LogP contribution in [0.15, 0.2) is 36.4 Å². The van der Waals surface area contributed by atoms with E-state index in [2.05, 4.69) is 5.32 Å². The van der Waals surface area contributed by atoms with E-state index >= 15 is 0 Å². The van der Waals surface area contributed by atoms with Gasteiger partial charge in [0.15, 0.2) is 0 Å². The molecule has 1 aromatic carbocycles. The fourth-order valence-corrected chi connectivity index (χ4v) is 2.88. The summed E-state index contributed by atoms with van der Waals surface area (Å²) in [7, 11) is 0. The first-order valence-electron chi connectivity index (χ1n) is 6.66. The van der Waals surface area contributed by atoms with Crippen molar-refractivity contribution < 1.29 is 9.53 Å². The lowest BCUT2D eigenvalue weighted by atomic mass is 9.72. The minimum atomic E-state index is -0.113. The van der Waals surface area contributed by atoms with E-state index in [9.17, 15) is 4.79 Å². The molecule has 1 amide bonds. The number of nitrogens with one attached hydrogen (secondary N) is 1. The third kappa shape index (κ3) is 2.41. The Balaban J connectivity index is 1.56.